The second-order valence-corrected chi connectivity index (χ2v) is 10.9. The van der Waals surface area contributed by atoms with E-state index in [1.165, 1.54) is 32.7 Å². The Morgan fingerprint density at radius 1 is 1.20 bits per heavy atom. The van der Waals surface area contributed by atoms with Gasteiger partial charge < -0.3 is 19.9 Å². The highest BCUT2D eigenvalue weighted by molar-refractivity contribution is 7.92. The van der Waals surface area contributed by atoms with Crippen LogP contribution in [0.25, 0.3) is 11.0 Å². The SMILES string of the molecule is CNC(=O)c1ccc(Nc2ncc3cc(C(F)(F)F)n(Cc4nccnc4N(C)S(C)(=O)=O)c3n2)c2c1CCO2. The molecule has 0 saturated carbocycles. The summed E-state index contributed by atoms with van der Waals surface area (Å²) in [5.41, 5.74) is 0.495. The molecule has 0 unspecified atom stereocenters. The molecule has 2 N–H and O–H groups in total. The average Bonchev–Trinajstić information content (AvgIpc) is 3.53. The van der Waals surface area contributed by atoms with Gasteiger partial charge in [-0.15, -0.1) is 0 Å². The van der Waals surface area contributed by atoms with E-state index in [9.17, 15) is 26.4 Å². The Labute approximate surface area is 226 Å². The molecule has 0 radical (unpaired) electrons. The highest BCUT2D eigenvalue weighted by atomic mass is 32.2. The number of rotatable bonds is 7. The fourth-order valence-corrected chi connectivity index (χ4v) is 4.86. The number of benzene rings is 1. The van der Waals surface area contributed by atoms with Gasteiger partial charge in [-0.2, -0.15) is 18.2 Å². The van der Waals surface area contributed by atoms with Crippen molar-refractivity contribution in [3.63, 3.8) is 0 Å². The summed E-state index contributed by atoms with van der Waals surface area (Å²) < 4.78 is 73.9. The van der Waals surface area contributed by atoms with E-state index in [4.69, 9.17) is 4.74 Å². The first-order chi connectivity index (χ1) is 18.9. The number of anilines is 3. The molecule has 0 spiro atoms. The Bertz CT molecular complexity index is 1740. The van der Waals surface area contributed by atoms with Crippen molar-refractivity contribution in [1.82, 2.24) is 29.8 Å². The van der Waals surface area contributed by atoms with Crippen LogP contribution in [0.1, 0.15) is 27.3 Å². The lowest BCUT2D eigenvalue weighted by molar-refractivity contribution is -0.143. The number of nitrogens with zero attached hydrogens (tertiary/aromatic N) is 6. The Morgan fingerprint density at radius 3 is 2.65 bits per heavy atom. The zero-order valence-electron chi connectivity index (χ0n) is 21.4. The zero-order valence-corrected chi connectivity index (χ0v) is 22.3. The summed E-state index contributed by atoms with van der Waals surface area (Å²) >= 11 is 0. The minimum atomic E-state index is -4.76. The molecule has 0 fully saturated rings. The molecule has 1 aromatic carbocycles. The van der Waals surface area contributed by atoms with Crippen LogP contribution in [0, 0.1) is 0 Å². The lowest BCUT2D eigenvalue weighted by atomic mass is 10.0. The van der Waals surface area contributed by atoms with Gasteiger partial charge in [0, 0.05) is 55.6 Å². The summed E-state index contributed by atoms with van der Waals surface area (Å²) in [5, 5.41) is 5.67. The largest absolute Gasteiger partial charge is 0.491 e. The van der Waals surface area contributed by atoms with Crippen LogP contribution >= 0.6 is 0 Å². The number of amides is 1. The summed E-state index contributed by atoms with van der Waals surface area (Å²) in [6, 6.07) is 4.13. The summed E-state index contributed by atoms with van der Waals surface area (Å²) in [7, 11) is -1.01. The minimum absolute atomic E-state index is 0.0115. The maximum absolute atomic E-state index is 14.1. The minimum Gasteiger partial charge on any atom is -0.491 e. The number of hydrogen-bond acceptors (Lipinski definition) is 9. The standard InChI is InChI=1S/C24H23F3N8O4S/c1-28-22(36)15-4-5-16(19-14(15)6-9-39-19)32-23-31-11-13-10-18(24(25,26)27)35(20(13)33-23)12-17-21(30-8-7-29-17)34(2)40(3,37)38/h4-5,7-8,10-11H,6,9,12H2,1-3H3,(H,28,36)(H,31,32,33). The van der Waals surface area contributed by atoms with Gasteiger partial charge in [-0.05, 0) is 18.2 Å². The van der Waals surface area contributed by atoms with E-state index >= 15 is 0 Å². The molecular formula is C24H23F3N8O4S. The van der Waals surface area contributed by atoms with Crippen molar-refractivity contribution >= 4 is 44.4 Å². The molecule has 4 aromatic rings. The van der Waals surface area contributed by atoms with Gasteiger partial charge in [0.1, 0.15) is 22.8 Å². The maximum atomic E-state index is 14.1. The lowest BCUT2D eigenvalue weighted by Crippen LogP contribution is -2.28. The average molecular weight is 577 g/mol. The number of alkyl halides is 3. The first kappa shape index (κ1) is 27.1. The monoisotopic (exact) mass is 576 g/mol. The smallest absolute Gasteiger partial charge is 0.431 e. The number of carbonyl (C=O) groups is 1. The third-order valence-electron chi connectivity index (χ3n) is 6.36. The Kier molecular flexibility index (Phi) is 6.73. The van der Waals surface area contributed by atoms with Crippen LogP contribution in [0.5, 0.6) is 5.75 Å². The fraction of sp³-hybridized carbons (Fsp3) is 0.292. The summed E-state index contributed by atoms with van der Waals surface area (Å²) in [6.07, 6.45) is 0.455. The summed E-state index contributed by atoms with van der Waals surface area (Å²) in [5.74, 6) is 0.0347. The van der Waals surface area contributed by atoms with Crippen LogP contribution in [0.4, 0.5) is 30.6 Å². The first-order valence-electron chi connectivity index (χ1n) is 11.8. The quantitative estimate of drug-likeness (QED) is 0.339. The Morgan fingerprint density at radius 2 is 1.95 bits per heavy atom. The molecule has 12 nitrogen and oxygen atoms in total. The molecule has 0 bridgehead atoms. The number of nitrogens with one attached hydrogen (secondary N) is 2. The van der Waals surface area contributed by atoms with Gasteiger partial charge in [-0.3, -0.25) is 14.1 Å². The van der Waals surface area contributed by atoms with E-state index in [0.717, 1.165) is 21.2 Å². The van der Waals surface area contributed by atoms with E-state index in [1.54, 1.807) is 12.1 Å². The van der Waals surface area contributed by atoms with Crippen molar-refractivity contribution in [3.8, 4) is 5.75 Å². The van der Waals surface area contributed by atoms with E-state index in [0.29, 0.717) is 35.6 Å². The number of sulfonamides is 1. The number of fused-ring (bicyclic) bond motifs is 2. The van der Waals surface area contributed by atoms with Crippen molar-refractivity contribution in [1.29, 1.82) is 0 Å². The van der Waals surface area contributed by atoms with Crippen molar-refractivity contribution < 1.29 is 31.1 Å². The summed E-state index contributed by atoms with van der Waals surface area (Å²) in [6.45, 7) is -0.116. The van der Waals surface area contributed by atoms with Gasteiger partial charge in [0.2, 0.25) is 16.0 Å². The van der Waals surface area contributed by atoms with Crippen LogP contribution in [-0.2, 0) is 29.2 Å². The molecule has 210 valence electrons. The second kappa shape index (κ2) is 9.93. The molecule has 40 heavy (non-hydrogen) atoms. The highest BCUT2D eigenvalue weighted by Crippen LogP contribution is 2.38. The molecule has 1 aliphatic heterocycles. The van der Waals surface area contributed by atoms with Gasteiger partial charge in [0.25, 0.3) is 5.91 Å². The molecule has 1 amide bonds. The number of halogens is 3. The molecular weight excluding hydrogens is 553 g/mol. The van der Waals surface area contributed by atoms with Gasteiger partial charge >= 0.3 is 6.18 Å². The number of aromatic nitrogens is 5. The predicted octanol–water partition coefficient (Wildman–Crippen LogP) is 2.72. The Balaban J connectivity index is 1.58. The molecule has 0 saturated heterocycles. The van der Waals surface area contributed by atoms with Crippen LogP contribution in [0.15, 0.2) is 36.8 Å². The number of carbonyl (C=O) groups excluding carboxylic acids is 1. The van der Waals surface area contributed by atoms with Crippen LogP contribution < -0.4 is 19.7 Å². The second-order valence-electron chi connectivity index (χ2n) is 8.91. The lowest BCUT2D eigenvalue weighted by Gasteiger charge is -2.19. The molecule has 3 aromatic heterocycles. The molecule has 5 rings (SSSR count). The topological polar surface area (TPSA) is 144 Å². The van der Waals surface area contributed by atoms with Gasteiger partial charge in [-0.25, -0.2) is 18.4 Å². The molecule has 0 aliphatic carbocycles. The molecule has 0 atom stereocenters. The molecule has 16 heteroatoms. The van der Waals surface area contributed by atoms with E-state index in [-0.39, 0.29) is 34.4 Å². The van der Waals surface area contributed by atoms with E-state index in [2.05, 4.69) is 30.6 Å². The molecule has 1 aliphatic rings. The highest BCUT2D eigenvalue weighted by Gasteiger charge is 2.36. The fourth-order valence-electron chi connectivity index (χ4n) is 4.40. The van der Waals surface area contributed by atoms with Gasteiger partial charge in [-0.1, -0.05) is 0 Å². The van der Waals surface area contributed by atoms with E-state index in [1.807, 2.05) is 0 Å². The predicted molar refractivity (Wildman–Crippen MR) is 139 cm³/mol. The van der Waals surface area contributed by atoms with Gasteiger partial charge in [0.15, 0.2) is 5.82 Å². The van der Waals surface area contributed by atoms with Crippen molar-refractivity contribution in [2.45, 2.75) is 19.1 Å². The normalized spacial score (nSPS) is 13.2. The number of ether oxygens (including phenoxy) is 1. The molecule has 4 heterocycles. The van der Waals surface area contributed by atoms with E-state index < -0.39 is 28.4 Å². The van der Waals surface area contributed by atoms with Crippen LogP contribution in [-0.4, -0.2) is 65.8 Å². The number of hydrogen-bond donors (Lipinski definition) is 2. The van der Waals surface area contributed by atoms with Crippen LogP contribution in [0.3, 0.4) is 0 Å². The third kappa shape index (κ3) is 4.97. The van der Waals surface area contributed by atoms with Crippen molar-refractivity contribution in [2.24, 2.45) is 0 Å². The van der Waals surface area contributed by atoms with Crippen LogP contribution in [0.2, 0.25) is 0 Å². The first-order valence-corrected chi connectivity index (χ1v) is 13.7. The van der Waals surface area contributed by atoms with Crippen molar-refractivity contribution in [3.05, 3.63) is 59.3 Å². The van der Waals surface area contributed by atoms with Gasteiger partial charge in [0.05, 0.1) is 25.1 Å². The summed E-state index contributed by atoms with van der Waals surface area (Å²) in [4.78, 5) is 28.9. The Hall–Kier alpha value is -4.47. The zero-order chi connectivity index (χ0) is 28.8. The third-order valence-corrected chi connectivity index (χ3v) is 7.53. The maximum Gasteiger partial charge on any atom is 0.431 e. The van der Waals surface area contributed by atoms with Crippen molar-refractivity contribution in [2.75, 3.05) is 36.6 Å².